The Bertz CT molecular complexity index is 976. The molecular formula is C19H13NO7. The van der Waals surface area contributed by atoms with Crippen LogP contribution in [-0.4, -0.2) is 36.3 Å². The van der Waals surface area contributed by atoms with Crippen molar-refractivity contribution in [3.63, 3.8) is 0 Å². The Labute approximate surface area is 153 Å². The van der Waals surface area contributed by atoms with Crippen molar-refractivity contribution >= 4 is 23.9 Å². The number of carboxylic acids is 1. The van der Waals surface area contributed by atoms with E-state index >= 15 is 0 Å². The maximum absolute atomic E-state index is 12.1. The van der Waals surface area contributed by atoms with E-state index in [1.807, 2.05) is 0 Å². The third kappa shape index (κ3) is 3.59. The van der Waals surface area contributed by atoms with Gasteiger partial charge in [-0.15, -0.1) is 0 Å². The number of ether oxygens (including phenoxy) is 4. The summed E-state index contributed by atoms with van der Waals surface area (Å²) in [5.74, 6) is 0.184. The zero-order valence-electron chi connectivity index (χ0n) is 13.9. The fourth-order valence-corrected chi connectivity index (χ4v) is 2.53. The van der Waals surface area contributed by atoms with Crippen molar-refractivity contribution in [2.45, 2.75) is 0 Å². The number of esters is 1. The maximum Gasteiger partial charge on any atom is 0.363 e. The van der Waals surface area contributed by atoms with Crippen LogP contribution in [0.2, 0.25) is 0 Å². The molecule has 2 aliphatic rings. The van der Waals surface area contributed by atoms with Crippen molar-refractivity contribution in [3.8, 4) is 17.2 Å². The monoisotopic (exact) mass is 367 g/mol. The number of benzene rings is 2. The van der Waals surface area contributed by atoms with Gasteiger partial charge in [0.1, 0.15) is 5.75 Å². The molecule has 2 aliphatic heterocycles. The molecule has 0 amide bonds. The summed E-state index contributed by atoms with van der Waals surface area (Å²) in [7, 11) is 0. The molecule has 0 aliphatic carbocycles. The van der Waals surface area contributed by atoms with Gasteiger partial charge in [0.2, 0.25) is 12.7 Å². The van der Waals surface area contributed by atoms with Crippen LogP contribution < -0.4 is 14.2 Å². The van der Waals surface area contributed by atoms with Crippen molar-refractivity contribution in [1.82, 2.24) is 0 Å². The Hall–Kier alpha value is -3.81. The van der Waals surface area contributed by atoms with Crippen LogP contribution in [0.4, 0.5) is 0 Å². The third-order valence-corrected chi connectivity index (χ3v) is 3.79. The smallest absolute Gasteiger partial charge is 0.363 e. The molecule has 0 aromatic heterocycles. The summed E-state index contributed by atoms with van der Waals surface area (Å²) >= 11 is 0. The molecule has 0 spiro atoms. The van der Waals surface area contributed by atoms with E-state index in [4.69, 9.17) is 24.1 Å². The average molecular weight is 367 g/mol. The second-order valence-electron chi connectivity index (χ2n) is 5.66. The summed E-state index contributed by atoms with van der Waals surface area (Å²) in [6, 6.07) is 11.8. The van der Waals surface area contributed by atoms with Gasteiger partial charge in [-0.2, -0.15) is 0 Å². The molecule has 2 heterocycles. The minimum Gasteiger partial charge on any atom is -0.482 e. The third-order valence-electron chi connectivity index (χ3n) is 3.79. The molecule has 2 aromatic carbocycles. The Morgan fingerprint density at radius 2 is 1.93 bits per heavy atom. The predicted octanol–water partition coefficient (Wildman–Crippen LogP) is 2.22. The fourth-order valence-electron chi connectivity index (χ4n) is 2.53. The van der Waals surface area contributed by atoms with E-state index in [1.54, 1.807) is 48.5 Å². The average Bonchev–Trinajstić information content (AvgIpc) is 3.27. The highest BCUT2D eigenvalue weighted by Crippen LogP contribution is 2.33. The molecule has 0 saturated carbocycles. The summed E-state index contributed by atoms with van der Waals surface area (Å²) in [4.78, 5) is 26.8. The minimum absolute atomic E-state index is 0.155. The standard InChI is InChI=1S/C19H13NO7/c21-17(22)9-24-13-4-1-11(2-5-13)7-14-19(23)27-18(20-14)12-3-6-15-16(8-12)26-10-25-15/h1-8H,9-10H2,(H,21,22). The number of rotatable bonds is 5. The lowest BCUT2D eigenvalue weighted by molar-refractivity contribution is -0.139. The van der Waals surface area contributed by atoms with E-state index in [9.17, 15) is 9.59 Å². The highest BCUT2D eigenvalue weighted by molar-refractivity contribution is 6.13. The van der Waals surface area contributed by atoms with Crippen molar-refractivity contribution in [2.24, 2.45) is 4.99 Å². The van der Waals surface area contributed by atoms with E-state index in [1.165, 1.54) is 0 Å². The van der Waals surface area contributed by atoms with Crippen LogP contribution in [0.25, 0.3) is 6.08 Å². The number of carbonyl (C=O) groups is 2. The fraction of sp³-hybridized carbons (Fsp3) is 0.105. The van der Waals surface area contributed by atoms with Crippen molar-refractivity contribution in [3.05, 3.63) is 59.3 Å². The van der Waals surface area contributed by atoms with E-state index in [-0.39, 0.29) is 18.4 Å². The molecule has 0 fully saturated rings. The number of cyclic esters (lactones) is 1. The lowest BCUT2D eigenvalue weighted by Gasteiger charge is -2.02. The summed E-state index contributed by atoms with van der Waals surface area (Å²) in [5, 5.41) is 8.60. The van der Waals surface area contributed by atoms with Gasteiger partial charge in [-0.05, 0) is 42.0 Å². The van der Waals surface area contributed by atoms with Gasteiger partial charge >= 0.3 is 11.9 Å². The van der Waals surface area contributed by atoms with Crippen LogP contribution in [0.15, 0.2) is 53.2 Å². The molecule has 136 valence electrons. The molecule has 0 unspecified atom stereocenters. The lowest BCUT2D eigenvalue weighted by atomic mass is 10.2. The first-order valence-electron chi connectivity index (χ1n) is 7.96. The summed E-state index contributed by atoms with van der Waals surface area (Å²) in [6.07, 6.45) is 1.57. The Kier molecular flexibility index (Phi) is 4.21. The van der Waals surface area contributed by atoms with Gasteiger partial charge in [0.15, 0.2) is 23.8 Å². The second-order valence-corrected chi connectivity index (χ2v) is 5.66. The number of carboxylic acid groups (broad SMARTS) is 1. The first kappa shape index (κ1) is 16.6. The minimum atomic E-state index is -1.06. The highest BCUT2D eigenvalue weighted by atomic mass is 16.7. The zero-order chi connectivity index (χ0) is 18.8. The first-order valence-corrected chi connectivity index (χ1v) is 7.96. The van der Waals surface area contributed by atoms with Gasteiger partial charge in [-0.3, -0.25) is 0 Å². The number of aliphatic carboxylic acids is 1. The van der Waals surface area contributed by atoms with Crippen molar-refractivity contribution < 1.29 is 33.6 Å². The van der Waals surface area contributed by atoms with Gasteiger partial charge in [0.05, 0.1) is 0 Å². The van der Waals surface area contributed by atoms with Crippen LogP contribution in [0.1, 0.15) is 11.1 Å². The van der Waals surface area contributed by atoms with Gasteiger partial charge in [0.25, 0.3) is 0 Å². The van der Waals surface area contributed by atoms with Crippen molar-refractivity contribution in [1.29, 1.82) is 0 Å². The first-order chi connectivity index (χ1) is 13.1. The van der Waals surface area contributed by atoms with E-state index in [0.717, 1.165) is 0 Å². The summed E-state index contributed by atoms with van der Waals surface area (Å²) in [6.45, 7) is -0.266. The van der Waals surface area contributed by atoms with Gasteiger partial charge in [0, 0.05) is 5.56 Å². The van der Waals surface area contributed by atoms with E-state index in [2.05, 4.69) is 4.99 Å². The Morgan fingerprint density at radius 1 is 1.15 bits per heavy atom. The molecule has 4 rings (SSSR count). The number of nitrogens with zero attached hydrogens (tertiary/aromatic N) is 1. The highest BCUT2D eigenvalue weighted by Gasteiger charge is 2.25. The summed E-state index contributed by atoms with van der Waals surface area (Å²) in [5.41, 5.74) is 1.45. The molecule has 1 N–H and O–H groups in total. The number of aliphatic imine (C=N–C) groups is 1. The van der Waals surface area contributed by atoms with E-state index < -0.39 is 18.5 Å². The molecule has 0 atom stereocenters. The molecule has 0 bridgehead atoms. The normalized spacial score (nSPS) is 16.2. The Balaban J connectivity index is 1.53. The molecule has 8 heteroatoms. The quantitative estimate of drug-likeness (QED) is 0.638. The number of hydrogen-bond acceptors (Lipinski definition) is 7. The van der Waals surface area contributed by atoms with Gasteiger partial charge < -0.3 is 24.1 Å². The van der Waals surface area contributed by atoms with Crippen LogP contribution in [0.3, 0.4) is 0 Å². The predicted molar refractivity (Wildman–Crippen MR) is 92.7 cm³/mol. The zero-order valence-corrected chi connectivity index (χ0v) is 13.9. The molecule has 0 saturated heterocycles. The SMILES string of the molecule is O=C(O)COc1ccc(C=C2N=C(c3ccc4c(c3)OCO4)OC2=O)cc1. The second kappa shape index (κ2) is 6.83. The Morgan fingerprint density at radius 3 is 2.70 bits per heavy atom. The maximum atomic E-state index is 12.1. The molecule has 2 aromatic rings. The van der Waals surface area contributed by atoms with Gasteiger partial charge in [-0.1, -0.05) is 12.1 Å². The van der Waals surface area contributed by atoms with Crippen molar-refractivity contribution in [2.75, 3.05) is 13.4 Å². The molecular weight excluding hydrogens is 354 g/mol. The summed E-state index contributed by atoms with van der Waals surface area (Å²) < 4.78 is 20.9. The van der Waals surface area contributed by atoms with Crippen LogP contribution >= 0.6 is 0 Å². The van der Waals surface area contributed by atoms with Crippen LogP contribution in [-0.2, 0) is 14.3 Å². The number of carbonyl (C=O) groups excluding carboxylic acids is 1. The molecule has 0 radical (unpaired) electrons. The molecule has 27 heavy (non-hydrogen) atoms. The van der Waals surface area contributed by atoms with E-state index in [0.29, 0.717) is 28.4 Å². The number of hydrogen-bond donors (Lipinski definition) is 1. The van der Waals surface area contributed by atoms with Crippen LogP contribution in [0.5, 0.6) is 17.2 Å². The molecule has 8 nitrogen and oxygen atoms in total. The van der Waals surface area contributed by atoms with Crippen LogP contribution in [0, 0.1) is 0 Å². The lowest BCUT2D eigenvalue weighted by Crippen LogP contribution is -2.09. The van der Waals surface area contributed by atoms with Gasteiger partial charge in [-0.25, -0.2) is 14.6 Å². The largest absolute Gasteiger partial charge is 0.482 e. The topological polar surface area (TPSA) is 104 Å². The number of fused-ring (bicyclic) bond motifs is 1.